The molecular formula is C19H29Cl2N3O5. The number of alkyl halides is 2. The van der Waals surface area contributed by atoms with Crippen LogP contribution in [0.25, 0.3) is 0 Å². The Morgan fingerprint density at radius 2 is 1.76 bits per heavy atom. The van der Waals surface area contributed by atoms with E-state index in [9.17, 15) is 20.1 Å². The highest BCUT2D eigenvalue weighted by Gasteiger charge is 2.37. The Morgan fingerprint density at radius 3 is 2.38 bits per heavy atom. The fourth-order valence-corrected chi connectivity index (χ4v) is 3.46. The van der Waals surface area contributed by atoms with Crippen molar-refractivity contribution in [3.05, 3.63) is 29.8 Å². The van der Waals surface area contributed by atoms with E-state index in [1.54, 1.807) is 0 Å². The van der Waals surface area contributed by atoms with Crippen molar-refractivity contribution in [3.63, 3.8) is 0 Å². The fraction of sp³-hybridized carbons (Fsp3) is 0.632. The summed E-state index contributed by atoms with van der Waals surface area (Å²) in [6.45, 7) is 1.33. The van der Waals surface area contributed by atoms with Crippen LogP contribution in [0.4, 0.5) is 5.69 Å². The average molecular weight is 450 g/mol. The summed E-state index contributed by atoms with van der Waals surface area (Å²) >= 11 is 11.7. The molecule has 2 rings (SSSR count). The molecule has 0 aliphatic carbocycles. The Kier molecular flexibility index (Phi) is 10.4. The van der Waals surface area contributed by atoms with Crippen LogP contribution >= 0.6 is 23.2 Å². The Hall–Kier alpha value is -1.13. The van der Waals surface area contributed by atoms with Crippen LogP contribution in [0.3, 0.4) is 0 Å². The molecule has 1 aromatic carbocycles. The predicted molar refractivity (Wildman–Crippen MR) is 112 cm³/mol. The Labute approximate surface area is 180 Å². The highest BCUT2D eigenvalue weighted by molar-refractivity contribution is 6.18. The maximum atomic E-state index is 12.0. The van der Waals surface area contributed by atoms with Crippen molar-refractivity contribution in [1.29, 1.82) is 0 Å². The number of aliphatic hydroxyl groups is 3. The summed E-state index contributed by atoms with van der Waals surface area (Å²) in [5.74, 6) is 0.808. The average Bonchev–Trinajstić information content (AvgIpc) is 2.72. The van der Waals surface area contributed by atoms with Gasteiger partial charge in [0, 0.05) is 37.0 Å². The maximum absolute atomic E-state index is 12.0. The molecule has 0 unspecified atom stereocenters. The zero-order valence-corrected chi connectivity index (χ0v) is 17.6. The second kappa shape index (κ2) is 12.5. The number of amides is 1. The number of hydrazine groups is 1. The van der Waals surface area contributed by atoms with E-state index in [-0.39, 0.29) is 18.9 Å². The summed E-state index contributed by atoms with van der Waals surface area (Å²) in [4.78, 5) is 14.1. The highest BCUT2D eigenvalue weighted by Crippen LogP contribution is 2.17. The second-order valence-corrected chi connectivity index (χ2v) is 7.64. The molecule has 1 aliphatic heterocycles. The fourth-order valence-electron chi connectivity index (χ4n) is 3.05. The first-order chi connectivity index (χ1) is 14.0. The van der Waals surface area contributed by atoms with Crippen LogP contribution in [0.2, 0.25) is 0 Å². The van der Waals surface area contributed by atoms with Gasteiger partial charge in [0.1, 0.15) is 18.3 Å². The van der Waals surface area contributed by atoms with Gasteiger partial charge in [-0.2, -0.15) is 0 Å². The third kappa shape index (κ3) is 7.57. The number of anilines is 1. The van der Waals surface area contributed by atoms with Crippen LogP contribution in [-0.2, 0) is 16.0 Å². The van der Waals surface area contributed by atoms with Gasteiger partial charge in [-0.3, -0.25) is 10.2 Å². The van der Waals surface area contributed by atoms with Crippen LogP contribution < -0.4 is 15.8 Å². The van der Waals surface area contributed by atoms with Gasteiger partial charge in [-0.1, -0.05) is 12.1 Å². The third-order valence-electron chi connectivity index (χ3n) is 4.73. The van der Waals surface area contributed by atoms with Gasteiger partial charge in [-0.15, -0.1) is 23.2 Å². The summed E-state index contributed by atoms with van der Waals surface area (Å²) in [6, 6.07) is 8.11. The SMILES string of the molecule is O=C(CCCc1ccc(N(CCCl)CCCl)cc1)NN[C@@H]1OC[C@@H](O)[C@H](O)[C@H]1O. The molecule has 1 saturated heterocycles. The molecule has 0 bridgehead atoms. The summed E-state index contributed by atoms with van der Waals surface area (Å²) in [7, 11) is 0. The molecule has 1 fully saturated rings. The molecule has 8 nitrogen and oxygen atoms in total. The number of halogens is 2. The molecule has 0 spiro atoms. The van der Waals surface area contributed by atoms with Gasteiger partial charge in [0.2, 0.25) is 5.91 Å². The van der Waals surface area contributed by atoms with Crippen molar-refractivity contribution in [2.24, 2.45) is 0 Å². The minimum atomic E-state index is -1.34. The van der Waals surface area contributed by atoms with E-state index in [2.05, 4.69) is 15.8 Å². The van der Waals surface area contributed by atoms with Crippen LogP contribution in [-0.4, -0.2) is 77.2 Å². The van der Waals surface area contributed by atoms with E-state index >= 15 is 0 Å². The number of rotatable bonds is 11. The summed E-state index contributed by atoms with van der Waals surface area (Å²) < 4.78 is 5.16. The lowest BCUT2D eigenvalue weighted by Crippen LogP contribution is -2.61. The Bertz CT molecular complexity index is 616. The smallest absolute Gasteiger partial charge is 0.234 e. The quantitative estimate of drug-likeness (QED) is 0.244. The van der Waals surface area contributed by atoms with E-state index in [0.717, 1.165) is 30.8 Å². The molecular weight excluding hydrogens is 421 g/mol. The lowest BCUT2D eigenvalue weighted by Gasteiger charge is -2.35. The summed E-state index contributed by atoms with van der Waals surface area (Å²) in [6.07, 6.45) is -3.12. The number of hydrogen-bond acceptors (Lipinski definition) is 7. The third-order valence-corrected chi connectivity index (χ3v) is 5.07. The van der Waals surface area contributed by atoms with Crippen molar-refractivity contribution >= 4 is 34.8 Å². The number of ether oxygens (including phenoxy) is 1. The van der Waals surface area contributed by atoms with Gasteiger partial charge in [-0.05, 0) is 30.5 Å². The number of benzene rings is 1. The molecule has 10 heteroatoms. The highest BCUT2D eigenvalue weighted by atomic mass is 35.5. The molecule has 0 aromatic heterocycles. The molecule has 1 aromatic rings. The largest absolute Gasteiger partial charge is 0.388 e. The standard InChI is InChI=1S/C19H29Cl2N3O5/c20-8-10-24(11-9-21)14-6-4-13(5-7-14)2-1-3-16(26)22-23-19-18(28)17(27)15(25)12-29-19/h4-7,15,17-19,23,25,27-28H,1-3,8-12H2,(H,22,26)/t15-,17+,18-,19-/m1/s1. The van der Waals surface area contributed by atoms with Crippen molar-refractivity contribution in [2.45, 2.75) is 43.8 Å². The molecule has 164 valence electrons. The predicted octanol–water partition coefficient (Wildman–Crippen LogP) is 0.353. The van der Waals surface area contributed by atoms with E-state index in [1.165, 1.54) is 0 Å². The van der Waals surface area contributed by atoms with Crippen molar-refractivity contribution in [3.8, 4) is 0 Å². The zero-order chi connectivity index (χ0) is 21.2. The first-order valence-electron chi connectivity index (χ1n) is 9.62. The Balaban J connectivity index is 1.70. The van der Waals surface area contributed by atoms with Gasteiger partial charge < -0.3 is 25.0 Å². The van der Waals surface area contributed by atoms with Gasteiger partial charge in [0.25, 0.3) is 0 Å². The molecule has 0 radical (unpaired) electrons. The first-order valence-corrected chi connectivity index (χ1v) is 10.7. The van der Waals surface area contributed by atoms with Gasteiger partial charge in [-0.25, -0.2) is 5.43 Å². The normalized spacial score (nSPS) is 24.3. The van der Waals surface area contributed by atoms with Crippen LogP contribution in [0.15, 0.2) is 24.3 Å². The van der Waals surface area contributed by atoms with Crippen LogP contribution in [0.5, 0.6) is 0 Å². The van der Waals surface area contributed by atoms with Gasteiger partial charge in [0.15, 0.2) is 6.23 Å². The molecule has 29 heavy (non-hydrogen) atoms. The molecule has 1 amide bonds. The minimum absolute atomic E-state index is 0.130. The second-order valence-electron chi connectivity index (χ2n) is 6.88. The van der Waals surface area contributed by atoms with Crippen molar-refractivity contribution in [1.82, 2.24) is 10.9 Å². The number of nitrogens with zero attached hydrogens (tertiary/aromatic N) is 1. The topological polar surface area (TPSA) is 114 Å². The van der Waals surface area contributed by atoms with Gasteiger partial charge >= 0.3 is 0 Å². The summed E-state index contributed by atoms with van der Waals surface area (Å²) in [5.41, 5.74) is 7.19. The van der Waals surface area contributed by atoms with Crippen molar-refractivity contribution in [2.75, 3.05) is 36.4 Å². The number of carbonyl (C=O) groups is 1. The zero-order valence-electron chi connectivity index (χ0n) is 16.1. The number of aliphatic hydroxyl groups excluding tert-OH is 3. The maximum Gasteiger partial charge on any atom is 0.234 e. The number of aryl methyl sites for hydroxylation is 1. The molecule has 1 aliphatic rings. The van der Waals surface area contributed by atoms with E-state index in [0.29, 0.717) is 18.2 Å². The summed E-state index contributed by atoms with van der Waals surface area (Å²) in [5, 5.41) is 28.8. The number of hydrogen-bond donors (Lipinski definition) is 5. The molecule has 5 N–H and O–H groups in total. The van der Waals surface area contributed by atoms with Gasteiger partial charge in [0.05, 0.1) is 6.61 Å². The molecule has 0 saturated carbocycles. The molecule has 1 heterocycles. The van der Waals surface area contributed by atoms with Crippen LogP contribution in [0, 0.1) is 0 Å². The van der Waals surface area contributed by atoms with Crippen LogP contribution in [0.1, 0.15) is 18.4 Å². The van der Waals surface area contributed by atoms with E-state index in [1.807, 2.05) is 24.3 Å². The lowest BCUT2D eigenvalue weighted by molar-refractivity contribution is -0.198. The van der Waals surface area contributed by atoms with Crippen molar-refractivity contribution < 1.29 is 24.9 Å². The number of nitrogens with one attached hydrogen (secondary N) is 2. The number of carbonyl (C=O) groups excluding carboxylic acids is 1. The lowest BCUT2D eigenvalue weighted by atomic mass is 10.0. The van der Waals surface area contributed by atoms with E-state index < -0.39 is 24.5 Å². The monoisotopic (exact) mass is 449 g/mol. The molecule has 4 atom stereocenters. The van der Waals surface area contributed by atoms with E-state index in [4.69, 9.17) is 27.9 Å². The minimum Gasteiger partial charge on any atom is -0.388 e. The Morgan fingerprint density at radius 1 is 1.10 bits per heavy atom. The first kappa shape index (κ1) is 24.1.